The maximum absolute atomic E-state index is 13.8. The van der Waals surface area contributed by atoms with Crippen LogP contribution in [-0.2, 0) is 6.18 Å². The number of alkyl halides is 3. The molecule has 170 valence electrons. The summed E-state index contributed by atoms with van der Waals surface area (Å²) in [4.78, 5) is 23.5. The molecule has 1 aliphatic heterocycles. The number of hydrogen-bond acceptors (Lipinski definition) is 5. The Bertz CT molecular complexity index is 1330. The second-order valence-corrected chi connectivity index (χ2v) is 9.15. The van der Waals surface area contributed by atoms with E-state index in [-0.39, 0.29) is 28.7 Å². The molecule has 1 atom stereocenters. The molecule has 2 aliphatic rings. The number of carbonyl (C=O) groups is 1. The van der Waals surface area contributed by atoms with Gasteiger partial charge in [0.15, 0.2) is 0 Å². The minimum atomic E-state index is -4.67. The third-order valence-electron chi connectivity index (χ3n) is 6.52. The number of rotatable bonds is 3. The number of likely N-dealkylation sites (tertiary alicyclic amines) is 1. The number of benzene rings is 1. The molecule has 0 radical (unpaired) electrons. The first-order chi connectivity index (χ1) is 15.6. The fraction of sp³-hybridized carbons (Fsp3) is 0.333. The lowest BCUT2D eigenvalue weighted by atomic mass is 9.59. The van der Waals surface area contributed by atoms with Gasteiger partial charge in [0.25, 0.3) is 0 Å². The van der Waals surface area contributed by atoms with Gasteiger partial charge in [-0.3, -0.25) is 0 Å². The number of carboxylic acid groups (broad SMARTS) is 1. The highest BCUT2D eigenvalue weighted by Crippen LogP contribution is 2.49. The highest BCUT2D eigenvalue weighted by atomic mass is 79.9. The smallest absolute Gasteiger partial charge is 0.419 e. The molecule has 1 amide bonds. The molecule has 1 spiro atoms. The van der Waals surface area contributed by atoms with Crippen molar-refractivity contribution in [3.63, 3.8) is 0 Å². The average Bonchev–Trinajstić information content (AvgIpc) is 3.14. The molecule has 3 N–H and O–H groups in total. The van der Waals surface area contributed by atoms with Gasteiger partial charge in [-0.1, -0.05) is 6.07 Å². The minimum absolute atomic E-state index is 0.0536. The second kappa shape index (κ2) is 7.34. The summed E-state index contributed by atoms with van der Waals surface area (Å²) in [7, 11) is 0. The number of aromatic nitrogens is 3. The summed E-state index contributed by atoms with van der Waals surface area (Å²) < 4.78 is 41.8. The van der Waals surface area contributed by atoms with E-state index >= 15 is 0 Å². The largest absolute Gasteiger partial charge is 0.465 e. The number of aromatic amines is 1. The van der Waals surface area contributed by atoms with Gasteiger partial charge >= 0.3 is 12.3 Å². The maximum Gasteiger partial charge on any atom is 0.419 e. The van der Waals surface area contributed by atoms with E-state index in [4.69, 9.17) is 5.11 Å². The van der Waals surface area contributed by atoms with E-state index in [0.717, 1.165) is 19.0 Å². The summed E-state index contributed by atoms with van der Waals surface area (Å²) in [5.41, 5.74) is -0.411. The van der Waals surface area contributed by atoms with Crippen LogP contribution in [0.25, 0.3) is 22.2 Å². The van der Waals surface area contributed by atoms with Crippen LogP contribution in [0.3, 0.4) is 0 Å². The highest BCUT2D eigenvalue weighted by Gasteiger charge is 2.56. The molecule has 12 heteroatoms. The van der Waals surface area contributed by atoms with Gasteiger partial charge < -0.3 is 20.3 Å². The van der Waals surface area contributed by atoms with E-state index in [1.165, 1.54) is 17.2 Å². The zero-order chi connectivity index (χ0) is 23.5. The van der Waals surface area contributed by atoms with Crippen molar-refractivity contribution in [2.24, 2.45) is 5.41 Å². The number of amides is 1. The highest BCUT2D eigenvalue weighted by molar-refractivity contribution is 9.10. The summed E-state index contributed by atoms with van der Waals surface area (Å²) in [5.74, 6) is 0.0536. The predicted molar refractivity (Wildman–Crippen MR) is 115 cm³/mol. The lowest BCUT2D eigenvalue weighted by Crippen LogP contribution is -2.69. The van der Waals surface area contributed by atoms with Crippen molar-refractivity contribution in [2.45, 2.75) is 25.1 Å². The van der Waals surface area contributed by atoms with Crippen molar-refractivity contribution in [2.75, 3.05) is 18.4 Å². The van der Waals surface area contributed by atoms with Crippen LogP contribution in [0.1, 0.15) is 24.0 Å². The summed E-state index contributed by atoms with van der Waals surface area (Å²) in [6, 6.07) is 5.01. The second-order valence-electron chi connectivity index (χ2n) is 8.35. The molecule has 3 aromatic rings. The molecule has 33 heavy (non-hydrogen) atoms. The molecule has 2 aromatic heterocycles. The Balaban J connectivity index is 1.52. The van der Waals surface area contributed by atoms with Crippen molar-refractivity contribution in [1.29, 1.82) is 5.26 Å². The number of fused-ring (bicyclic) bond motifs is 1. The standard InChI is InChI=1S/C21H16BrF3N6O2/c22-15-10(5-26)1-2-11-12(6-27-17(11)15)16-13(21(23,24)25)7-28-18(30-16)29-14-3-4-20(14)8-31(9-20)19(32)33/h1-2,6-7,14,27H,3-4,8-9H2,(H,32,33)(H,28,29,30). The van der Waals surface area contributed by atoms with Gasteiger partial charge in [0, 0.05) is 47.9 Å². The minimum Gasteiger partial charge on any atom is -0.465 e. The predicted octanol–water partition coefficient (Wildman–Crippen LogP) is 4.83. The van der Waals surface area contributed by atoms with E-state index in [1.54, 1.807) is 6.07 Å². The Kier molecular flexibility index (Phi) is 4.79. The molecule has 3 heterocycles. The molecule has 2 fully saturated rings. The quantitative estimate of drug-likeness (QED) is 0.455. The Morgan fingerprint density at radius 2 is 2.15 bits per heavy atom. The van der Waals surface area contributed by atoms with Crippen molar-refractivity contribution >= 4 is 38.9 Å². The van der Waals surface area contributed by atoms with E-state index in [1.807, 2.05) is 6.07 Å². The molecule has 5 rings (SSSR count). The summed E-state index contributed by atoms with van der Waals surface area (Å²) in [6.45, 7) is 0.760. The molecular formula is C21H16BrF3N6O2. The van der Waals surface area contributed by atoms with Crippen LogP contribution in [0, 0.1) is 16.7 Å². The number of halogens is 4. The van der Waals surface area contributed by atoms with Crippen LogP contribution in [-0.4, -0.2) is 50.2 Å². The van der Waals surface area contributed by atoms with Crippen molar-refractivity contribution < 1.29 is 23.1 Å². The van der Waals surface area contributed by atoms with E-state index in [2.05, 4.69) is 36.2 Å². The first-order valence-electron chi connectivity index (χ1n) is 10.0. The van der Waals surface area contributed by atoms with Gasteiger partial charge in [-0.2, -0.15) is 18.4 Å². The maximum atomic E-state index is 13.8. The van der Waals surface area contributed by atoms with E-state index in [0.29, 0.717) is 34.0 Å². The third-order valence-corrected chi connectivity index (χ3v) is 7.34. The third kappa shape index (κ3) is 3.38. The van der Waals surface area contributed by atoms with E-state index in [9.17, 15) is 23.2 Å². The zero-order valence-corrected chi connectivity index (χ0v) is 18.5. The fourth-order valence-electron chi connectivity index (χ4n) is 4.62. The molecule has 0 bridgehead atoms. The number of hydrogen-bond donors (Lipinski definition) is 3. The summed E-state index contributed by atoms with van der Waals surface area (Å²) in [6.07, 6.45) is -1.87. The van der Waals surface area contributed by atoms with Gasteiger partial charge in [-0.05, 0) is 34.8 Å². The first-order valence-corrected chi connectivity index (χ1v) is 10.8. The van der Waals surface area contributed by atoms with Gasteiger partial charge in [0.05, 0.1) is 21.2 Å². The van der Waals surface area contributed by atoms with Gasteiger partial charge in [-0.15, -0.1) is 0 Å². The summed E-state index contributed by atoms with van der Waals surface area (Å²) in [5, 5.41) is 21.9. The van der Waals surface area contributed by atoms with Gasteiger partial charge in [0.2, 0.25) is 5.95 Å². The normalized spacial score (nSPS) is 19.1. The molecule has 1 aliphatic carbocycles. The number of nitriles is 1. The van der Waals surface area contributed by atoms with Crippen LogP contribution in [0.15, 0.2) is 29.0 Å². The average molecular weight is 521 g/mol. The Morgan fingerprint density at radius 1 is 1.39 bits per heavy atom. The Morgan fingerprint density at radius 3 is 2.76 bits per heavy atom. The number of anilines is 1. The fourth-order valence-corrected chi connectivity index (χ4v) is 5.16. The van der Waals surface area contributed by atoms with Crippen molar-refractivity contribution in [1.82, 2.24) is 19.9 Å². The van der Waals surface area contributed by atoms with Crippen LogP contribution in [0.4, 0.5) is 23.9 Å². The molecule has 1 unspecified atom stereocenters. The molecule has 8 nitrogen and oxygen atoms in total. The Labute approximate surface area is 193 Å². The zero-order valence-electron chi connectivity index (χ0n) is 16.9. The topological polar surface area (TPSA) is 118 Å². The Hall–Kier alpha value is -3.33. The number of nitrogens with zero attached hydrogens (tertiary/aromatic N) is 4. The molecular weight excluding hydrogens is 505 g/mol. The lowest BCUT2D eigenvalue weighted by Gasteiger charge is -2.59. The molecule has 1 saturated heterocycles. The SMILES string of the molecule is N#Cc1ccc2c(-c3nc(NC4CCC45CN(C(=O)O)C5)ncc3C(F)(F)F)c[nH]c2c1Br. The van der Waals surface area contributed by atoms with Crippen LogP contribution < -0.4 is 5.32 Å². The van der Waals surface area contributed by atoms with Crippen molar-refractivity contribution in [3.05, 3.63) is 40.1 Å². The van der Waals surface area contributed by atoms with Crippen molar-refractivity contribution in [3.8, 4) is 17.3 Å². The molecule has 1 aromatic carbocycles. The number of H-pyrrole nitrogens is 1. The van der Waals surface area contributed by atoms with E-state index < -0.39 is 17.8 Å². The monoisotopic (exact) mass is 520 g/mol. The summed E-state index contributed by atoms with van der Waals surface area (Å²) >= 11 is 3.33. The molecule has 1 saturated carbocycles. The lowest BCUT2D eigenvalue weighted by molar-refractivity contribution is -0.137. The van der Waals surface area contributed by atoms with Gasteiger partial charge in [-0.25, -0.2) is 14.8 Å². The van der Waals surface area contributed by atoms with Crippen LogP contribution >= 0.6 is 15.9 Å². The van der Waals surface area contributed by atoms with Crippen LogP contribution in [0.2, 0.25) is 0 Å². The first kappa shape index (κ1) is 21.5. The number of nitrogens with one attached hydrogen (secondary N) is 2. The van der Waals surface area contributed by atoms with Gasteiger partial charge in [0.1, 0.15) is 11.6 Å². The van der Waals surface area contributed by atoms with Crippen LogP contribution in [0.5, 0.6) is 0 Å².